The first-order valence-corrected chi connectivity index (χ1v) is 7.98. The predicted octanol–water partition coefficient (Wildman–Crippen LogP) is 2.83. The number of hydrogen-bond donors (Lipinski definition) is 0. The van der Waals surface area contributed by atoms with E-state index < -0.39 is 0 Å². The number of hydrogen-bond acceptors (Lipinski definition) is 5. The van der Waals surface area contributed by atoms with Crippen molar-refractivity contribution in [2.45, 2.75) is 25.8 Å². The Bertz CT molecular complexity index is 686. The molecule has 0 spiro atoms. The molecular weight excluding hydrogens is 316 g/mol. The Hall–Kier alpha value is -2.08. The number of aromatic nitrogens is 2. The van der Waals surface area contributed by atoms with E-state index in [0.717, 1.165) is 30.8 Å². The van der Waals surface area contributed by atoms with Gasteiger partial charge in [0, 0.05) is 25.9 Å². The highest BCUT2D eigenvalue weighted by atomic mass is 35.5. The summed E-state index contributed by atoms with van der Waals surface area (Å²) in [6.45, 7) is 2.89. The molecule has 1 atom stereocenters. The molecule has 2 aromatic heterocycles. The number of amides is 1. The highest BCUT2D eigenvalue weighted by Gasteiger charge is 2.32. The van der Waals surface area contributed by atoms with Crippen LogP contribution < -0.4 is 4.90 Å². The Morgan fingerprint density at radius 1 is 1.52 bits per heavy atom. The zero-order valence-electron chi connectivity index (χ0n) is 13.2. The van der Waals surface area contributed by atoms with E-state index in [0.29, 0.717) is 10.8 Å². The summed E-state index contributed by atoms with van der Waals surface area (Å²) >= 11 is 5.84. The van der Waals surface area contributed by atoms with Crippen molar-refractivity contribution in [3.8, 4) is 0 Å². The molecule has 0 aliphatic carbocycles. The number of carbonyl (C=O) groups excluding carboxylic acids is 1. The summed E-state index contributed by atoms with van der Waals surface area (Å²) in [6, 6.07) is 5.45. The van der Waals surface area contributed by atoms with Gasteiger partial charge in [-0.25, -0.2) is 4.98 Å². The number of carbonyl (C=O) groups is 1. The van der Waals surface area contributed by atoms with Gasteiger partial charge in [0.1, 0.15) is 5.82 Å². The highest BCUT2D eigenvalue weighted by molar-refractivity contribution is 6.30. The molecule has 2 aromatic rings. The van der Waals surface area contributed by atoms with Gasteiger partial charge >= 0.3 is 0 Å². The molecule has 3 rings (SSSR count). The molecular formula is C16H19ClN4O2. The second-order valence-corrected chi connectivity index (χ2v) is 6.24. The van der Waals surface area contributed by atoms with Crippen LogP contribution in [0.15, 0.2) is 28.9 Å². The van der Waals surface area contributed by atoms with Crippen LogP contribution in [0.25, 0.3) is 0 Å². The Balaban J connectivity index is 1.68. The van der Waals surface area contributed by atoms with Crippen molar-refractivity contribution in [2.24, 2.45) is 0 Å². The van der Waals surface area contributed by atoms with E-state index in [2.05, 4.69) is 10.1 Å². The molecule has 1 fully saturated rings. The maximum absolute atomic E-state index is 12.7. The molecule has 1 amide bonds. The van der Waals surface area contributed by atoms with Crippen molar-refractivity contribution in [1.29, 1.82) is 0 Å². The second-order valence-electron chi connectivity index (χ2n) is 5.81. The van der Waals surface area contributed by atoms with E-state index in [1.54, 1.807) is 18.3 Å². The summed E-state index contributed by atoms with van der Waals surface area (Å²) in [7, 11) is 1.85. The summed E-state index contributed by atoms with van der Waals surface area (Å²) in [5, 5.41) is 4.50. The quantitative estimate of drug-likeness (QED) is 0.860. The van der Waals surface area contributed by atoms with E-state index in [1.165, 1.54) is 0 Å². The lowest BCUT2D eigenvalue weighted by Crippen LogP contribution is -2.38. The zero-order chi connectivity index (χ0) is 16.4. The number of nitrogens with zero attached hydrogens (tertiary/aromatic N) is 4. The van der Waals surface area contributed by atoms with Crippen molar-refractivity contribution in [1.82, 2.24) is 15.0 Å². The minimum atomic E-state index is -0.0183. The van der Waals surface area contributed by atoms with Crippen LogP contribution in [-0.4, -0.2) is 41.1 Å². The maximum atomic E-state index is 12.7. The van der Waals surface area contributed by atoms with Crippen LogP contribution >= 0.6 is 11.6 Å². The van der Waals surface area contributed by atoms with Gasteiger partial charge < -0.3 is 14.3 Å². The first-order valence-electron chi connectivity index (χ1n) is 7.60. The third kappa shape index (κ3) is 3.47. The first-order chi connectivity index (χ1) is 11.0. The van der Waals surface area contributed by atoms with Gasteiger partial charge in [0.2, 0.25) is 5.91 Å². The number of aryl methyl sites for hydroxylation is 1. The monoisotopic (exact) mass is 334 g/mol. The van der Waals surface area contributed by atoms with Crippen LogP contribution in [0.2, 0.25) is 5.02 Å². The molecule has 1 saturated heterocycles. The molecule has 1 aliphatic rings. The Labute approximate surface area is 140 Å². The normalized spacial score (nSPS) is 17.5. The molecule has 0 saturated carbocycles. The summed E-state index contributed by atoms with van der Waals surface area (Å²) < 4.78 is 5.35. The van der Waals surface area contributed by atoms with E-state index in [9.17, 15) is 4.79 Å². The Kier molecular flexibility index (Phi) is 4.52. The first kappa shape index (κ1) is 15.8. The van der Waals surface area contributed by atoms with Gasteiger partial charge in [-0.15, -0.1) is 0 Å². The largest absolute Gasteiger partial charge is 0.359 e. The van der Waals surface area contributed by atoms with Gasteiger partial charge in [-0.3, -0.25) is 4.79 Å². The van der Waals surface area contributed by atoms with Crippen molar-refractivity contribution in [3.05, 3.63) is 40.9 Å². The van der Waals surface area contributed by atoms with Gasteiger partial charge in [0.25, 0.3) is 0 Å². The molecule has 0 N–H and O–H groups in total. The lowest BCUT2D eigenvalue weighted by atomic mass is 10.1. The lowest BCUT2D eigenvalue weighted by molar-refractivity contribution is -0.130. The molecule has 0 bridgehead atoms. The summed E-state index contributed by atoms with van der Waals surface area (Å²) in [6.07, 6.45) is 3.45. The molecule has 0 radical (unpaired) electrons. The number of likely N-dealkylation sites (N-methyl/N-ethyl adjacent to an activating group) is 1. The van der Waals surface area contributed by atoms with Crippen LogP contribution in [0.1, 0.15) is 30.3 Å². The molecule has 0 unspecified atom stereocenters. The Morgan fingerprint density at radius 2 is 2.35 bits per heavy atom. The van der Waals surface area contributed by atoms with Crippen molar-refractivity contribution < 1.29 is 9.32 Å². The lowest BCUT2D eigenvalue weighted by Gasteiger charge is -2.26. The fourth-order valence-corrected chi connectivity index (χ4v) is 2.98. The summed E-state index contributed by atoms with van der Waals surface area (Å²) in [5.74, 6) is 1.54. The summed E-state index contributed by atoms with van der Waals surface area (Å²) in [4.78, 5) is 20.6. The molecule has 6 nitrogen and oxygen atoms in total. The van der Waals surface area contributed by atoms with Crippen molar-refractivity contribution in [3.63, 3.8) is 0 Å². The number of halogens is 1. The minimum absolute atomic E-state index is 0.0183. The fourth-order valence-electron chi connectivity index (χ4n) is 2.87. The van der Waals surface area contributed by atoms with Crippen LogP contribution in [0.4, 0.5) is 5.82 Å². The third-order valence-electron chi connectivity index (χ3n) is 4.02. The second kappa shape index (κ2) is 6.58. The SMILES string of the molecule is Cc1cc([C@@H]2CCCN2C(=O)CN(C)c2ccc(Cl)cn2)on1. The van der Waals surface area contributed by atoms with E-state index >= 15 is 0 Å². The van der Waals surface area contributed by atoms with Gasteiger partial charge in [0.15, 0.2) is 5.76 Å². The number of likely N-dealkylation sites (tertiary alicyclic amines) is 1. The minimum Gasteiger partial charge on any atom is -0.359 e. The van der Waals surface area contributed by atoms with Crippen molar-refractivity contribution >= 4 is 23.3 Å². The topological polar surface area (TPSA) is 62.5 Å². The zero-order valence-corrected chi connectivity index (χ0v) is 14.0. The highest BCUT2D eigenvalue weighted by Crippen LogP contribution is 2.32. The van der Waals surface area contributed by atoms with E-state index in [4.69, 9.17) is 16.1 Å². The molecule has 1 aliphatic heterocycles. The number of rotatable bonds is 4. The standard InChI is InChI=1S/C16H19ClN4O2/c1-11-8-14(23-19-11)13-4-3-7-21(13)16(22)10-20(2)15-6-5-12(17)9-18-15/h5-6,8-9,13H,3-4,7,10H2,1-2H3/t13-/m0/s1. The van der Waals surface area contributed by atoms with Crippen LogP contribution in [-0.2, 0) is 4.79 Å². The Morgan fingerprint density at radius 3 is 3.00 bits per heavy atom. The van der Waals surface area contributed by atoms with Gasteiger partial charge in [-0.1, -0.05) is 16.8 Å². The van der Waals surface area contributed by atoms with Gasteiger partial charge in [-0.05, 0) is 31.9 Å². The van der Waals surface area contributed by atoms with Crippen LogP contribution in [0.3, 0.4) is 0 Å². The molecule has 23 heavy (non-hydrogen) atoms. The molecule has 122 valence electrons. The van der Waals surface area contributed by atoms with E-state index in [1.807, 2.05) is 29.8 Å². The predicted molar refractivity (Wildman–Crippen MR) is 87.4 cm³/mol. The van der Waals surface area contributed by atoms with Crippen molar-refractivity contribution in [2.75, 3.05) is 25.0 Å². The molecule has 7 heteroatoms. The maximum Gasteiger partial charge on any atom is 0.242 e. The third-order valence-corrected chi connectivity index (χ3v) is 4.25. The molecule has 3 heterocycles. The van der Waals surface area contributed by atoms with Gasteiger partial charge in [0.05, 0.1) is 23.3 Å². The average Bonchev–Trinajstić information content (AvgIpc) is 3.16. The number of anilines is 1. The van der Waals surface area contributed by atoms with E-state index in [-0.39, 0.29) is 18.5 Å². The number of pyridine rings is 1. The fraction of sp³-hybridized carbons (Fsp3) is 0.438. The van der Waals surface area contributed by atoms with Gasteiger partial charge in [-0.2, -0.15) is 0 Å². The van der Waals surface area contributed by atoms with Crippen LogP contribution in [0.5, 0.6) is 0 Å². The summed E-state index contributed by atoms with van der Waals surface area (Å²) in [5.41, 5.74) is 0.835. The average molecular weight is 335 g/mol. The smallest absolute Gasteiger partial charge is 0.242 e. The van der Waals surface area contributed by atoms with Crippen LogP contribution in [0, 0.1) is 6.92 Å². The molecule has 0 aromatic carbocycles.